The topological polar surface area (TPSA) is 41.5 Å². The molecule has 4 rings (SSSR count). The number of nitrogens with zero attached hydrogens (tertiary/aromatic N) is 4. The first-order valence-electron chi connectivity index (χ1n) is 8.69. The van der Waals surface area contributed by atoms with Gasteiger partial charge in [0, 0.05) is 25.6 Å². The minimum atomic E-state index is 0.368. The maximum atomic E-state index is 5.93. The molecule has 5 nitrogen and oxygen atoms in total. The molecule has 2 saturated heterocycles. The van der Waals surface area contributed by atoms with E-state index in [-0.39, 0.29) is 0 Å². The third-order valence-electron chi connectivity index (χ3n) is 4.89. The summed E-state index contributed by atoms with van der Waals surface area (Å²) in [5.74, 6) is 0.443. The van der Waals surface area contributed by atoms with E-state index in [1.54, 1.807) is 11.3 Å². The molecule has 0 saturated carbocycles. The predicted molar refractivity (Wildman–Crippen MR) is 96.7 cm³/mol. The highest BCUT2D eigenvalue weighted by atomic mass is 32.1. The number of piperazine rings is 1. The Morgan fingerprint density at radius 2 is 1.96 bits per heavy atom. The lowest BCUT2D eigenvalue weighted by molar-refractivity contribution is -0.0547. The highest BCUT2D eigenvalue weighted by molar-refractivity contribution is 7.15. The van der Waals surface area contributed by atoms with E-state index in [0.717, 1.165) is 43.0 Å². The quantitative estimate of drug-likeness (QED) is 0.856. The number of aromatic nitrogens is 2. The molecule has 0 unspecified atom stereocenters. The van der Waals surface area contributed by atoms with Crippen LogP contribution in [-0.4, -0.2) is 54.0 Å². The van der Waals surface area contributed by atoms with Crippen molar-refractivity contribution in [2.24, 2.45) is 0 Å². The second-order valence-electron chi connectivity index (χ2n) is 6.88. The maximum Gasteiger partial charge on any atom is 0.208 e. The lowest BCUT2D eigenvalue weighted by atomic mass is 10.0. The summed E-state index contributed by atoms with van der Waals surface area (Å²) in [6.07, 6.45) is 0. The van der Waals surface area contributed by atoms with Crippen LogP contribution in [0.15, 0.2) is 30.3 Å². The number of hydrogen-bond acceptors (Lipinski definition) is 6. The minimum Gasteiger partial charge on any atom is -0.378 e. The van der Waals surface area contributed by atoms with Crippen LogP contribution in [0.1, 0.15) is 36.4 Å². The van der Waals surface area contributed by atoms with E-state index in [1.807, 2.05) is 0 Å². The number of fused-ring (bicyclic) bond motifs is 1. The highest BCUT2D eigenvalue weighted by Gasteiger charge is 2.37. The monoisotopic (exact) mass is 344 g/mol. The number of rotatable bonds is 3. The van der Waals surface area contributed by atoms with Crippen molar-refractivity contribution in [1.82, 2.24) is 15.1 Å². The normalized spacial score (nSPS) is 25.0. The van der Waals surface area contributed by atoms with Crippen molar-refractivity contribution in [2.75, 3.05) is 37.7 Å². The molecular weight excluding hydrogens is 320 g/mol. The average Bonchev–Trinajstić information content (AvgIpc) is 3.12. The Morgan fingerprint density at radius 3 is 2.71 bits per heavy atom. The van der Waals surface area contributed by atoms with Gasteiger partial charge in [-0.05, 0) is 5.56 Å². The van der Waals surface area contributed by atoms with Crippen LogP contribution in [-0.2, 0) is 4.74 Å². The van der Waals surface area contributed by atoms with Gasteiger partial charge in [-0.1, -0.05) is 55.5 Å². The summed E-state index contributed by atoms with van der Waals surface area (Å²) in [4.78, 5) is 4.99. The molecule has 1 aromatic heterocycles. The Morgan fingerprint density at radius 1 is 1.12 bits per heavy atom. The summed E-state index contributed by atoms with van der Waals surface area (Å²) in [5.41, 5.74) is 1.36. The van der Waals surface area contributed by atoms with E-state index in [9.17, 15) is 0 Å². The number of hydrogen-bond donors (Lipinski definition) is 0. The molecule has 24 heavy (non-hydrogen) atoms. The Bertz CT molecular complexity index is 675. The fourth-order valence-corrected chi connectivity index (χ4v) is 4.44. The van der Waals surface area contributed by atoms with E-state index in [0.29, 0.717) is 18.0 Å². The molecule has 0 bridgehead atoms. The van der Waals surface area contributed by atoms with Crippen LogP contribution in [0.2, 0.25) is 0 Å². The summed E-state index contributed by atoms with van der Waals surface area (Å²) < 4.78 is 5.93. The lowest BCUT2D eigenvalue weighted by Crippen LogP contribution is -2.59. The van der Waals surface area contributed by atoms with Gasteiger partial charge in [0.15, 0.2) is 0 Å². The summed E-state index contributed by atoms with van der Waals surface area (Å²) in [7, 11) is 0. The average molecular weight is 344 g/mol. The van der Waals surface area contributed by atoms with Gasteiger partial charge in [-0.25, -0.2) is 0 Å². The van der Waals surface area contributed by atoms with Crippen LogP contribution in [0.4, 0.5) is 5.13 Å². The van der Waals surface area contributed by atoms with E-state index in [1.165, 1.54) is 5.56 Å². The summed E-state index contributed by atoms with van der Waals surface area (Å²) in [5, 5.41) is 10.9. The second-order valence-corrected chi connectivity index (χ2v) is 7.87. The fourth-order valence-electron chi connectivity index (χ4n) is 3.56. The standard InChI is InChI=1S/C18H24N4OS/c1-13(2)17-19-20-18(24-17)21-8-9-22-15(10-21)11-23-12-16(22)14-6-4-3-5-7-14/h3-7,13,15-16H,8-12H2,1-2H3/t15-,16-/m1/s1. The third kappa shape index (κ3) is 3.06. The van der Waals surface area contributed by atoms with Crippen LogP contribution in [0, 0.1) is 0 Å². The Kier molecular flexibility index (Phi) is 4.52. The van der Waals surface area contributed by atoms with Crippen LogP contribution in [0.25, 0.3) is 0 Å². The van der Waals surface area contributed by atoms with Crippen LogP contribution >= 0.6 is 11.3 Å². The summed E-state index contributed by atoms with van der Waals surface area (Å²) in [6.45, 7) is 8.95. The first-order chi connectivity index (χ1) is 11.7. The summed E-state index contributed by atoms with van der Waals surface area (Å²) >= 11 is 1.73. The van der Waals surface area contributed by atoms with Gasteiger partial charge in [0.1, 0.15) is 5.01 Å². The number of ether oxygens (including phenoxy) is 1. The van der Waals surface area contributed by atoms with Crippen molar-refractivity contribution in [2.45, 2.75) is 31.8 Å². The van der Waals surface area contributed by atoms with Crippen LogP contribution < -0.4 is 4.90 Å². The Balaban J connectivity index is 1.49. The first-order valence-corrected chi connectivity index (χ1v) is 9.51. The molecule has 2 aromatic rings. The first kappa shape index (κ1) is 16.0. The van der Waals surface area contributed by atoms with Gasteiger partial charge < -0.3 is 9.64 Å². The number of morpholine rings is 1. The number of benzene rings is 1. The molecule has 2 aliphatic rings. The van der Waals surface area contributed by atoms with Gasteiger partial charge in [-0.15, -0.1) is 10.2 Å². The van der Waals surface area contributed by atoms with E-state index in [4.69, 9.17) is 4.74 Å². The van der Waals surface area contributed by atoms with E-state index < -0.39 is 0 Å². The van der Waals surface area contributed by atoms with Crippen molar-refractivity contribution >= 4 is 16.5 Å². The molecule has 0 amide bonds. The molecular formula is C18H24N4OS. The Hall–Kier alpha value is -1.50. The lowest BCUT2D eigenvalue weighted by Gasteiger charge is -2.48. The molecule has 2 aliphatic heterocycles. The second kappa shape index (κ2) is 6.78. The van der Waals surface area contributed by atoms with Crippen molar-refractivity contribution in [1.29, 1.82) is 0 Å². The molecule has 128 valence electrons. The Labute approximate surface area is 147 Å². The molecule has 0 N–H and O–H groups in total. The van der Waals surface area contributed by atoms with Crippen molar-refractivity contribution in [3.8, 4) is 0 Å². The van der Waals surface area contributed by atoms with Crippen LogP contribution in [0.3, 0.4) is 0 Å². The predicted octanol–water partition coefficient (Wildman–Crippen LogP) is 2.92. The molecule has 0 radical (unpaired) electrons. The van der Waals surface area contributed by atoms with Crippen molar-refractivity contribution in [3.05, 3.63) is 40.9 Å². The molecule has 0 aliphatic carbocycles. The van der Waals surface area contributed by atoms with Gasteiger partial charge >= 0.3 is 0 Å². The molecule has 6 heteroatoms. The van der Waals surface area contributed by atoms with Gasteiger partial charge in [-0.3, -0.25) is 4.90 Å². The fraction of sp³-hybridized carbons (Fsp3) is 0.556. The van der Waals surface area contributed by atoms with Crippen molar-refractivity contribution in [3.63, 3.8) is 0 Å². The smallest absolute Gasteiger partial charge is 0.208 e. The summed E-state index contributed by atoms with van der Waals surface area (Å²) in [6, 6.07) is 11.5. The molecule has 3 heterocycles. The van der Waals surface area contributed by atoms with Gasteiger partial charge in [0.05, 0.1) is 25.3 Å². The van der Waals surface area contributed by atoms with Gasteiger partial charge in [0.2, 0.25) is 5.13 Å². The van der Waals surface area contributed by atoms with Gasteiger partial charge in [0.25, 0.3) is 0 Å². The minimum absolute atomic E-state index is 0.368. The van der Waals surface area contributed by atoms with E-state index >= 15 is 0 Å². The largest absolute Gasteiger partial charge is 0.378 e. The zero-order chi connectivity index (χ0) is 16.5. The molecule has 1 aromatic carbocycles. The molecule has 2 atom stereocenters. The number of anilines is 1. The molecule has 0 spiro atoms. The van der Waals surface area contributed by atoms with Crippen LogP contribution in [0.5, 0.6) is 0 Å². The zero-order valence-corrected chi connectivity index (χ0v) is 15.1. The SMILES string of the molecule is CC(C)c1nnc(N2CCN3[C@@H](COC[C@@H]3c3ccccc3)C2)s1. The van der Waals surface area contributed by atoms with Crippen molar-refractivity contribution < 1.29 is 4.74 Å². The maximum absolute atomic E-state index is 5.93. The third-order valence-corrected chi connectivity index (χ3v) is 6.18. The van der Waals surface area contributed by atoms with E-state index in [2.05, 4.69) is 64.2 Å². The zero-order valence-electron chi connectivity index (χ0n) is 14.3. The highest BCUT2D eigenvalue weighted by Crippen LogP contribution is 2.32. The molecule has 2 fully saturated rings. The van der Waals surface area contributed by atoms with Gasteiger partial charge in [-0.2, -0.15) is 0 Å².